The molecule has 90 valence electrons. The van der Waals surface area contributed by atoms with E-state index in [-0.39, 0.29) is 0 Å². The average molecular weight is 258 g/mol. The lowest BCUT2D eigenvalue weighted by molar-refractivity contribution is -0.138. The Hall–Kier alpha value is -0.886. The molecule has 0 aromatic carbocycles. The summed E-state index contributed by atoms with van der Waals surface area (Å²) in [6.45, 7) is 7.85. The molecule has 0 saturated carbocycles. The lowest BCUT2D eigenvalue weighted by Crippen LogP contribution is -2.29. The van der Waals surface area contributed by atoms with Crippen molar-refractivity contribution in [1.82, 2.24) is 0 Å². The Labute approximate surface area is 99.8 Å². The summed E-state index contributed by atoms with van der Waals surface area (Å²) in [7, 11) is 0.561. The van der Waals surface area contributed by atoms with Gasteiger partial charge in [0.1, 0.15) is 0 Å². The number of rotatable bonds is 4. The third-order valence-electron chi connectivity index (χ3n) is 2.03. The van der Waals surface area contributed by atoms with Crippen molar-refractivity contribution in [3.05, 3.63) is 10.4 Å². The van der Waals surface area contributed by atoms with Gasteiger partial charge in [0.2, 0.25) is 0 Å². The number of esters is 2. The van der Waals surface area contributed by atoms with Gasteiger partial charge in [0.05, 0.1) is 31.8 Å². The van der Waals surface area contributed by atoms with Gasteiger partial charge >= 0.3 is 11.9 Å². The first-order chi connectivity index (χ1) is 7.36. The molecule has 6 heteroatoms. The molecule has 0 aromatic rings. The van der Waals surface area contributed by atoms with Crippen LogP contribution in [0.3, 0.4) is 0 Å². The number of carbonyl (C=O) groups excluding carboxylic acids is 2. The highest BCUT2D eigenvalue weighted by Crippen LogP contribution is 2.15. The summed E-state index contributed by atoms with van der Waals surface area (Å²) in [5.41, 5.74) is 0. The van der Waals surface area contributed by atoms with Crippen molar-refractivity contribution in [1.29, 1.82) is 0 Å². The first-order valence-corrected chi connectivity index (χ1v) is 9.88. The molecule has 16 heavy (non-hydrogen) atoms. The number of ether oxygens (including phenoxy) is 2. The number of carbonyl (C=O) groups is 2. The average Bonchev–Trinajstić information content (AvgIpc) is 2.22. The predicted octanol–water partition coefficient (Wildman–Crippen LogP) is 1.22. The summed E-state index contributed by atoms with van der Waals surface area (Å²) in [5.74, 6) is -0.795. The van der Waals surface area contributed by atoms with Gasteiger partial charge in [-0.3, -0.25) is 0 Å². The first kappa shape index (κ1) is 15.1. The van der Waals surface area contributed by atoms with E-state index in [1.807, 2.05) is 26.2 Å². The van der Waals surface area contributed by atoms with Crippen LogP contribution in [0.15, 0.2) is 10.4 Å². The molecule has 0 rings (SSSR count). The van der Waals surface area contributed by atoms with Gasteiger partial charge in [-0.25, -0.2) is 9.59 Å². The van der Waals surface area contributed by atoms with Gasteiger partial charge in [-0.1, -0.05) is 26.2 Å². The lowest BCUT2D eigenvalue weighted by atomic mass is 10.5. The topological polar surface area (TPSA) is 52.6 Å². The number of hydrogen-bond acceptors (Lipinski definition) is 4. The molecule has 0 unspecified atom stereocenters. The zero-order valence-electron chi connectivity index (χ0n) is 10.6. The Morgan fingerprint density at radius 2 is 1.00 bits per heavy atom. The first-order valence-electron chi connectivity index (χ1n) is 4.88. The highest BCUT2D eigenvalue weighted by atomic mass is 28.3. The Balaban J connectivity index is 5.63. The molecule has 0 bridgehead atoms. The molecule has 0 amide bonds. The summed E-state index contributed by atoms with van der Waals surface area (Å²) < 4.78 is 9.47. The highest BCUT2D eigenvalue weighted by molar-refractivity contribution is 6.78. The molecular weight excluding hydrogens is 240 g/mol. The van der Waals surface area contributed by atoms with E-state index in [4.69, 9.17) is 9.47 Å². The number of hydrogen-bond donors (Lipinski definition) is 0. The molecule has 0 atom stereocenters. The third kappa shape index (κ3) is 3.60. The molecule has 2 radical (unpaired) electrons. The second-order valence-corrected chi connectivity index (χ2v) is 8.73. The molecule has 0 aliphatic rings. The molecule has 0 heterocycles. The zero-order chi connectivity index (χ0) is 12.9. The third-order valence-corrected chi connectivity index (χ3v) is 5.19. The summed E-state index contributed by atoms with van der Waals surface area (Å²) in [5, 5.41) is 1.08. The van der Waals surface area contributed by atoms with Gasteiger partial charge in [0.15, 0.2) is 0 Å². The van der Waals surface area contributed by atoms with E-state index in [2.05, 4.69) is 0 Å². The molecular formula is C10H18O4Si2. The van der Waals surface area contributed by atoms with E-state index in [1.165, 1.54) is 14.2 Å². The molecule has 0 saturated heterocycles. The van der Waals surface area contributed by atoms with E-state index in [0.29, 0.717) is 10.4 Å². The van der Waals surface area contributed by atoms with Crippen LogP contribution in [0, 0.1) is 0 Å². The molecule has 0 N–H and O–H groups in total. The molecule has 0 aliphatic heterocycles. The molecule has 0 fully saturated rings. The minimum atomic E-state index is -1.05. The van der Waals surface area contributed by atoms with Crippen LogP contribution in [-0.2, 0) is 19.1 Å². The normalized spacial score (nSPS) is 12.5. The van der Waals surface area contributed by atoms with E-state index in [9.17, 15) is 9.59 Å². The van der Waals surface area contributed by atoms with Crippen molar-refractivity contribution in [3.8, 4) is 0 Å². The monoisotopic (exact) mass is 258 g/mol. The fourth-order valence-corrected chi connectivity index (χ4v) is 5.04. The quantitative estimate of drug-likeness (QED) is 0.432. The van der Waals surface area contributed by atoms with E-state index >= 15 is 0 Å². The van der Waals surface area contributed by atoms with E-state index < -0.39 is 29.5 Å². The van der Waals surface area contributed by atoms with Crippen molar-refractivity contribution in [3.63, 3.8) is 0 Å². The van der Waals surface area contributed by atoms with Gasteiger partial charge in [-0.15, -0.1) is 0 Å². The van der Waals surface area contributed by atoms with Crippen molar-refractivity contribution >= 4 is 29.5 Å². The van der Waals surface area contributed by atoms with Crippen molar-refractivity contribution < 1.29 is 19.1 Å². The largest absolute Gasteiger partial charge is 0.466 e. The van der Waals surface area contributed by atoms with E-state index in [0.717, 1.165) is 0 Å². The molecule has 4 nitrogen and oxygen atoms in total. The fourth-order valence-electron chi connectivity index (χ4n) is 1.32. The van der Waals surface area contributed by atoms with Crippen LogP contribution in [0.1, 0.15) is 0 Å². The molecule has 0 aliphatic carbocycles. The fraction of sp³-hybridized carbons (Fsp3) is 0.600. The smallest absolute Gasteiger partial charge is 0.329 e. The summed E-state index contributed by atoms with van der Waals surface area (Å²) in [6, 6.07) is 0. The Morgan fingerprint density at radius 1 is 0.750 bits per heavy atom. The maximum Gasteiger partial charge on any atom is 0.329 e. The van der Waals surface area contributed by atoms with Crippen LogP contribution in [0.2, 0.25) is 26.2 Å². The van der Waals surface area contributed by atoms with Crippen LogP contribution in [0.4, 0.5) is 0 Å². The summed E-state index contributed by atoms with van der Waals surface area (Å²) in [4.78, 5) is 23.3. The summed E-state index contributed by atoms with van der Waals surface area (Å²) in [6.07, 6.45) is 0. The predicted molar refractivity (Wildman–Crippen MR) is 66.0 cm³/mol. The Bertz CT molecular complexity index is 278. The van der Waals surface area contributed by atoms with Gasteiger partial charge in [-0.05, 0) is 0 Å². The van der Waals surface area contributed by atoms with Crippen molar-refractivity contribution in [2.24, 2.45) is 0 Å². The zero-order valence-corrected chi connectivity index (χ0v) is 12.6. The van der Waals surface area contributed by atoms with Gasteiger partial charge in [0, 0.05) is 10.4 Å². The van der Waals surface area contributed by atoms with Crippen LogP contribution in [-0.4, -0.2) is 43.8 Å². The van der Waals surface area contributed by atoms with Gasteiger partial charge in [0.25, 0.3) is 0 Å². The Morgan fingerprint density at radius 3 is 1.12 bits per heavy atom. The van der Waals surface area contributed by atoms with Crippen LogP contribution in [0.5, 0.6) is 0 Å². The van der Waals surface area contributed by atoms with Gasteiger partial charge in [-0.2, -0.15) is 0 Å². The van der Waals surface area contributed by atoms with Crippen LogP contribution >= 0.6 is 0 Å². The number of methoxy groups -OCH3 is 2. The van der Waals surface area contributed by atoms with Crippen molar-refractivity contribution in [2.75, 3.05) is 14.2 Å². The van der Waals surface area contributed by atoms with Crippen molar-refractivity contribution in [2.45, 2.75) is 26.2 Å². The van der Waals surface area contributed by atoms with Crippen LogP contribution in [0.25, 0.3) is 0 Å². The maximum absolute atomic E-state index is 11.7. The standard InChI is InChI=1S/C10H18O4Si2/c1-13-9(11)7(15(3)4)8(16(5)6)10(12)14-2/h1-6H3/b8-7-. The second-order valence-electron chi connectivity index (χ2n) is 3.73. The maximum atomic E-state index is 11.7. The lowest BCUT2D eigenvalue weighted by Gasteiger charge is -2.16. The highest BCUT2D eigenvalue weighted by Gasteiger charge is 2.27. The molecule has 0 spiro atoms. The Kier molecular flexibility index (Phi) is 6.28. The summed E-state index contributed by atoms with van der Waals surface area (Å²) >= 11 is 0. The SMILES string of the molecule is COC(=O)/C(=C(\C(=O)OC)[Si](C)C)[Si](C)C. The minimum Gasteiger partial charge on any atom is -0.466 e. The van der Waals surface area contributed by atoms with E-state index in [1.54, 1.807) is 0 Å². The van der Waals surface area contributed by atoms with Crippen LogP contribution < -0.4 is 0 Å². The molecule has 0 aromatic heterocycles. The van der Waals surface area contributed by atoms with Gasteiger partial charge < -0.3 is 9.47 Å². The second kappa shape index (κ2) is 6.64. The minimum absolute atomic E-state index is 0.398.